The van der Waals surface area contributed by atoms with E-state index in [1.807, 2.05) is 0 Å². The zero-order valence-electron chi connectivity index (χ0n) is 2.80. The van der Waals surface area contributed by atoms with Crippen molar-refractivity contribution < 1.29 is 0 Å². The summed E-state index contributed by atoms with van der Waals surface area (Å²) < 4.78 is 0. The molecular formula is CH11BCl3N. The highest BCUT2D eigenvalue weighted by Gasteiger charge is 0.836. The van der Waals surface area contributed by atoms with Gasteiger partial charge in [0.25, 0.3) is 0 Å². The molecule has 0 aliphatic heterocycles. The molecule has 0 radical (unpaired) electrons. The van der Waals surface area contributed by atoms with Crippen molar-refractivity contribution in [3.8, 4) is 0 Å². The minimum atomic E-state index is 0. The fourth-order valence-corrected chi connectivity index (χ4v) is 0. The Morgan fingerprint density at radius 2 is 0.833 bits per heavy atom. The van der Waals surface area contributed by atoms with E-state index in [0.29, 0.717) is 0 Å². The first-order chi connectivity index (χ1) is 1.00. The van der Waals surface area contributed by atoms with Crippen molar-refractivity contribution in [2.24, 2.45) is 5.73 Å². The molecule has 0 unspecified atom stereocenters. The molecule has 1 nitrogen and oxygen atoms in total. The van der Waals surface area contributed by atoms with Gasteiger partial charge in [0.1, 0.15) is 0 Å². The molecule has 0 amide bonds. The quantitative estimate of drug-likeness (QED) is 0.475. The number of hydrogen-bond donors (Lipinski definition) is 1. The Hall–Kier alpha value is 0.895. The predicted molar refractivity (Wildman–Crippen MR) is 41.8 cm³/mol. The molecule has 0 atom stereocenters. The maximum atomic E-state index is 4.50. The van der Waals surface area contributed by atoms with E-state index < -0.39 is 0 Å². The molecule has 0 aliphatic rings. The molecule has 6 heavy (non-hydrogen) atoms. The van der Waals surface area contributed by atoms with Gasteiger partial charge in [0, 0.05) is 0 Å². The summed E-state index contributed by atoms with van der Waals surface area (Å²) in [6.07, 6.45) is 0. The zero-order chi connectivity index (χ0) is 2.00. The summed E-state index contributed by atoms with van der Waals surface area (Å²) in [6, 6.07) is 0. The molecule has 0 aromatic heterocycles. The number of rotatable bonds is 0. The topological polar surface area (TPSA) is 26.0 Å². The number of nitrogens with two attached hydrogens (primary N) is 1. The molecule has 0 saturated carbocycles. The Labute approximate surface area is 58.9 Å². The largest absolute Gasteiger partial charge is 0.333 e. The molecule has 0 saturated heterocycles. The second-order valence-corrected chi connectivity index (χ2v) is 0. The van der Waals surface area contributed by atoms with Crippen LogP contribution in [0, 0.1) is 0 Å². The van der Waals surface area contributed by atoms with Gasteiger partial charge in [0.15, 0.2) is 0 Å². The molecule has 0 bridgehead atoms. The van der Waals surface area contributed by atoms with Crippen LogP contribution in [0.4, 0.5) is 0 Å². The Balaban J connectivity index is -0.000000000833. The van der Waals surface area contributed by atoms with Crippen LogP contribution in [0.5, 0.6) is 0 Å². The lowest BCUT2D eigenvalue weighted by Crippen LogP contribution is -1.69. The van der Waals surface area contributed by atoms with Crippen LogP contribution in [-0.4, -0.2) is 15.5 Å². The smallest absolute Gasteiger partial charge is 0.0814 e. The molecule has 0 heterocycles. The first kappa shape index (κ1) is 66.7. The lowest BCUT2D eigenvalue weighted by molar-refractivity contribution is 1.48. The summed E-state index contributed by atoms with van der Waals surface area (Å²) in [6.45, 7) is 0. The summed E-state index contributed by atoms with van der Waals surface area (Å²) in [4.78, 5) is 0. The Morgan fingerprint density at radius 3 is 0.833 bits per heavy atom. The minimum absolute atomic E-state index is 0. The second-order valence-electron chi connectivity index (χ2n) is 0. The van der Waals surface area contributed by atoms with Crippen molar-refractivity contribution >= 4 is 45.6 Å². The van der Waals surface area contributed by atoms with Crippen LogP contribution in [0.15, 0.2) is 0 Å². The van der Waals surface area contributed by atoms with Crippen LogP contribution in [0.25, 0.3) is 0 Å². The minimum Gasteiger partial charge on any atom is -0.333 e. The number of halogens is 3. The van der Waals surface area contributed by atoms with Crippen molar-refractivity contribution in [3.63, 3.8) is 0 Å². The van der Waals surface area contributed by atoms with Gasteiger partial charge in [-0.15, -0.1) is 37.2 Å². The standard InChI is InChI=1S/CH5N.BH3.3ClH/c1-2;;;;/h2H2,1H3;1H3;3*1H. The molecule has 0 aliphatic carbocycles. The Morgan fingerprint density at radius 1 is 0.833 bits per heavy atom. The average molecular weight is 154 g/mol. The van der Waals surface area contributed by atoms with Crippen molar-refractivity contribution in [1.82, 2.24) is 0 Å². The van der Waals surface area contributed by atoms with Gasteiger partial charge in [0.2, 0.25) is 0 Å². The van der Waals surface area contributed by atoms with Crippen LogP contribution in [0.3, 0.4) is 0 Å². The first-order valence-electron chi connectivity index (χ1n) is 0.577. The molecule has 5 heteroatoms. The normalized spacial score (nSPS) is 1.00. The molecule has 0 aromatic carbocycles. The van der Waals surface area contributed by atoms with Gasteiger partial charge in [-0.1, -0.05) is 0 Å². The van der Waals surface area contributed by atoms with Gasteiger partial charge in [-0.05, 0) is 7.05 Å². The summed E-state index contributed by atoms with van der Waals surface area (Å²) in [5, 5.41) is 0. The maximum absolute atomic E-state index is 4.50. The summed E-state index contributed by atoms with van der Waals surface area (Å²) in [7, 11) is 1.50. The Bertz CT molecular complexity index is 10.8. The first-order valence-corrected chi connectivity index (χ1v) is 0.577. The molecule has 0 rings (SSSR count). The summed E-state index contributed by atoms with van der Waals surface area (Å²) >= 11 is 0. The predicted octanol–water partition coefficient (Wildman–Crippen LogP) is -0.344. The van der Waals surface area contributed by atoms with Crippen LogP contribution in [-0.2, 0) is 0 Å². The van der Waals surface area contributed by atoms with E-state index in [-0.39, 0.29) is 45.6 Å². The highest BCUT2D eigenvalue weighted by molar-refractivity contribution is 5.86. The van der Waals surface area contributed by atoms with E-state index in [1.54, 1.807) is 0 Å². The van der Waals surface area contributed by atoms with E-state index in [1.165, 1.54) is 7.05 Å². The van der Waals surface area contributed by atoms with Gasteiger partial charge in [-0.2, -0.15) is 0 Å². The third-order valence-corrected chi connectivity index (χ3v) is 0. The summed E-state index contributed by atoms with van der Waals surface area (Å²) in [5.74, 6) is 0. The highest BCUT2D eigenvalue weighted by atomic mass is 35.5. The van der Waals surface area contributed by atoms with Gasteiger partial charge in [0.05, 0.1) is 8.41 Å². The SMILES string of the molecule is B.CN.Cl.Cl.Cl. The van der Waals surface area contributed by atoms with Crippen molar-refractivity contribution in [2.75, 3.05) is 7.05 Å². The molecule has 0 aromatic rings. The van der Waals surface area contributed by atoms with E-state index in [9.17, 15) is 0 Å². The van der Waals surface area contributed by atoms with E-state index in [4.69, 9.17) is 0 Å². The van der Waals surface area contributed by atoms with Crippen LogP contribution < -0.4 is 5.73 Å². The molecule has 0 spiro atoms. The van der Waals surface area contributed by atoms with E-state index in [2.05, 4.69) is 5.73 Å². The molecule has 0 fully saturated rings. The van der Waals surface area contributed by atoms with Crippen LogP contribution in [0.2, 0.25) is 0 Å². The van der Waals surface area contributed by atoms with Crippen molar-refractivity contribution in [2.45, 2.75) is 0 Å². The van der Waals surface area contributed by atoms with Gasteiger partial charge in [-0.25, -0.2) is 0 Å². The third kappa shape index (κ3) is 92.7. The Kier molecular flexibility index (Phi) is 1960. The van der Waals surface area contributed by atoms with Crippen molar-refractivity contribution in [1.29, 1.82) is 0 Å². The van der Waals surface area contributed by atoms with E-state index in [0.717, 1.165) is 0 Å². The van der Waals surface area contributed by atoms with Gasteiger partial charge < -0.3 is 5.73 Å². The van der Waals surface area contributed by atoms with Crippen molar-refractivity contribution in [3.05, 3.63) is 0 Å². The fourth-order valence-electron chi connectivity index (χ4n) is 0. The van der Waals surface area contributed by atoms with Crippen LogP contribution >= 0.6 is 37.2 Å². The summed E-state index contributed by atoms with van der Waals surface area (Å²) in [5.41, 5.74) is 4.50. The lowest BCUT2D eigenvalue weighted by Gasteiger charge is -1.19. The second kappa shape index (κ2) is 176. The zero-order valence-corrected chi connectivity index (χ0v) is 5.25. The van der Waals surface area contributed by atoms with Crippen LogP contribution in [0.1, 0.15) is 0 Å². The third-order valence-electron chi connectivity index (χ3n) is 0. The fraction of sp³-hybridized carbons (Fsp3) is 1.00. The average Bonchev–Trinajstić information content (AvgIpc) is 1.00. The molecular weight excluding hydrogens is 143 g/mol. The number of hydrogen-bond acceptors (Lipinski definition) is 1. The molecule has 44 valence electrons. The highest BCUT2D eigenvalue weighted by Crippen LogP contribution is 0.692. The van der Waals surface area contributed by atoms with Gasteiger partial charge in [-0.3, -0.25) is 0 Å². The van der Waals surface area contributed by atoms with E-state index >= 15 is 0 Å². The van der Waals surface area contributed by atoms with Gasteiger partial charge >= 0.3 is 0 Å². The lowest BCUT2D eigenvalue weighted by atomic mass is 10.8. The maximum Gasteiger partial charge on any atom is 0.0814 e. The molecule has 2 N–H and O–H groups in total. The monoisotopic (exact) mass is 153 g/mol.